The van der Waals surface area contributed by atoms with Crippen LogP contribution in [0.3, 0.4) is 0 Å². The van der Waals surface area contributed by atoms with Crippen LogP contribution in [0.5, 0.6) is 0 Å². The molecule has 0 amide bonds. The fourth-order valence-electron chi connectivity index (χ4n) is 17.8. The Bertz CT molecular complexity index is 2170. The fraction of sp³-hybridized carbons (Fsp3) is 0.680. The smallest absolute Gasteiger partial charge is 0.331 e. The van der Waals surface area contributed by atoms with Crippen molar-refractivity contribution < 1.29 is 45.0 Å². The van der Waals surface area contributed by atoms with Crippen molar-refractivity contribution >= 4 is 12.3 Å². The van der Waals surface area contributed by atoms with E-state index in [2.05, 4.69) is 42.3 Å². The Kier molecular flexibility index (Phi) is 8.73. The van der Waals surface area contributed by atoms with E-state index in [1.807, 2.05) is 31.3 Å². The first kappa shape index (κ1) is 39.7. The number of carbonyl (C=O) groups is 2. The number of hydrogen-bond acceptors (Lipinski definition) is 10. The predicted molar refractivity (Wildman–Crippen MR) is 220 cm³/mol. The molecule has 6 fully saturated rings. The van der Waals surface area contributed by atoms with Gasteiger partial charge in [0.05, 0.1) is 35.9 Å². The molecule has 1 aromatic carbocycles. The first-order valence-corrected chi connectivity index (χ1v) is 22.9. The largest absolute Gasteiger partial charge is 0.454 e. The second kappa shape index (κ2) is 13.2. The number of carbonyl (C=O) groups excluding carboxylic acids is 2. The second-order valence-electron chi connectivity index (χ2n) is 21.2. The molecular weight excluding hydrogens is 759 g/mol. The van der Waals surface area contributed by atoms with E-state index in [1.54, 1.807) is 6.08 Å². The summed E-state index contributed by atoms with van der Waals surface area (Å²) in [6, 6.07) is 5.55. The molecule has 7 N–H and O–H groups in total. The van der Waals surface area contributed by atoms with E-state index in [1.165, 1.54) is 0 Å². The molecule has 4 bridgehead atoms. The van der Waals surface area contributed by atoms with Crippen molar-refractivity contribution in [1.29, 1.82) is 0 Å². The van der Waals surface area contributed by atoms with Crippen LogP contribution in [-0.4, -0.2) is 91.6 Å². The molecule has 10 heteroatoms. The molecule has 1 spiro atoms. The lowest BCUT2D eigenvalue weighted by Crippen LogP contribution is -2.84. The first-order valence-electron chi connectivity index (χ1n) is 22.9. The molecule has 0 radical (unpaired) electrons. The Morgan fingerprint density at radius 2 is 1.80 bits per heavy atom. The number of rotatable bonds is 4. The van der Waals surface area contributed by atoms with Crippen LogP contribution >= 0.6 is 0 Å². The third kappa shape index (κ3) is 4.46. The Morgan fingerprint density at radius 3 is 2.57 bits per heavy atom. The van der Waals surface area contributed by atoms with Gasteiger partial charge in [-0.25, -0.2) is 4.79 Å². The van der Waals surface area contributed by atoms with Crippen LogP contribution in [0.25, 0.3) is 0 Å². The van der Waals surface area contributed by atoms with Crippen LogP contribution < -0.4 is 5.32 Å². The van der Waals surface area contributed by atoms with Crippen molar-refractivity contribution in [3.63, 3.8) is 0 Å². The van der Waals surface area contributed by atoms with E-state index in [0.29, 0.717) is 56.4 Å². The van der Waals surface area contributed by atoms with Crippen molar-refractivity contribution in [2.24, 2.45) is 75.4 Å². The maximum absolute atomic E-state index is 14.5. The molecule has 1 aliphatic heterocycles. The lowest BCUT2D eigenvalue weighted by molar-refractivity contribution is -0.365. The van der Waals surface area contributed by atoms with Crippen molar-refractivity contribution in [1.82, 2.24) is 5.32 Å². The minimum absolute atomic E-state index is 0.0552. The summed E-state index contributed by atoms with van der Waals surface area (Å²) in [7, 11) is 1.89. The molecule has 11 aliphatic rings. The number of aldehydes is 1. The number of likely N-dealkylation sites (N-methyl/N-ethyl adjacent to an activating group) is 1. The summed E-state index contributed by atoms with van der Waals surface area (Å²) in [5.74, 6) is 3.28. The van der Waals surface area contributed by atoms with Crippen LogP contribution in [0.2, 0.25) is 0 Å². The second-order valence-corrected chi connectivity index (χ2v) is 21.2. The van der Waals surface area contributed by atoms with Gasteiger partial charge in [-0.05, 0) is 135 Å². The van der Waals surface area contributed by atoms with Gasteiger partial charge in [0.15, 0.2) is 0 Å². The summed E-state index contributed by atoms with van der Waals surface area (Å²) < 4.78 is 6.29. The van der Waals surface area contributed by atoms with Crippen molar-refractivity contribution in [3.8, 4) is 11.8 Å². The van der Waals surface area contributed by atoms with Gasteiger partial charge in [-0.1, -0.05) is 55.2 Å². The summed E-state index contributed by atoms with van der Waals surface area (Å²) in [4.78, 5) is 28.2. The highest BCUT2D eigenvalue weighted by Gasteiger charge is 2.88. The molecule has 60 heavy (non-hydrogen) atoms. The van der Waals surface area contributed by atoms with Crippen molar-refractivity contribution in [3.05, 3.63) is 70.8 Å². The van der Waals surface area contributed by atoms with Gasteiger partial charge in [-0.2, -0.15) is 0 Å². The molecule has 0 aromatic heterocycles. The molecule has 1 aromatic rings. The van der Waals surface area contributed by atoms with Crippen LogP contribution in [-0.2, 0) is 27.4 Å². The Balaban J connectivity index is 1.15. The molecule has 1 heterocycles. The highest BCUT2D eigenvalue weighted by atomic mass is 16.5. The topological polar surface area (TPSA) is 177 Å². The van der Waals surface area contributed by atoms with Gasteiger partial charge in [0, 0.05) is 52.7 Å². The minimum atomic E-state index is -1.89. The quantitative estimate of drug-likeness (QED) is 0.103. The first-order chi connectivity index (χ1) is 28.8. The highest BCUT2D eigenvalue weighted by molar-refractivity contribution is 5.87. The number of aliphatic hydroxyl groups excluding tert-OH is 3. The summed E-state index contributed by atoms with van der Waals surface area (Å²) in [6.07, 6.45) is 13.9. The normalized spacial score (nSPS) is 52.6. The molecule has 19 atom stereocenters. The lowest BCUT2D eigenvalue weighted by Gasteiger charge is -2.76. The van der Waals surface area contributed by atoms with E-state index >= 15 is 0 Å². The maximum Gasteiger partial charge on any atom is 0.331 e. The van der Waals surface area contributed by atoms with Crippen molar-refractivity contribution in [2.75, 3.05) is 13.7 Å². The molecule has 0 saturated heterocycles. The van der Waals surface area contributed by atoms with Crippen molar-refractivity contribution in [2.45, 2.75) is 119 Å². The predicted octanol–water partition coefficient (Wildman–Crippen LogP) is 3.54. The number of allylic oxidation sites excluding steroid dienone is 4. The van der Waals surface area contributed by atoms with Crippen LogP contribution in [0.1, 0.15) is 87.8 Å². The van der Waals surface area contributed by atoms with E-state index in [9.17, 15) is 40.2 Å². The van der Waals surface area contributed by atoms with Gasteiger partial charge in [-0.3, -0.25) is 0 Å². The molecule has 10 aliphatic carbocycles. The number of esters is 1. The summed E-state index contributed by atoms with van der Waals surface area (Å²) in [6.45, 7) is 1.72. The zero-order valence-electron chi connectivity index (χ0n) is 34.8. The van der Waals surface area contributed by atoms with Gasteiger partial charge in [-0.15, -0.1) is 0 Å². The SMILES string of the molecule is CNC1Cc2c(cccc2CO)C#CCCC23CC4C=CC5CC(O)C6CC7C=CCC(C)C7CC7CC(O)(C4C5(C=O)C76O)C2(O)CC2CC1C1OC(=O)C=C1C23CO. The summed E-state index contributed by atoms with van der Waals surface area (Å²) in [5, 5.41) is 80.9. The van der Waals surface area contributed by atoms with E-state index in [0.717, 1.165) is 29.4 Å². The number of ether oxygens (including phenoxy) is 1. The maximum atomic E-state index is 14.5. The average Bonchev–Trinajstić information content (AvgIpc) is 3.68. The van der Waals surface area contributed by atoms with E-state index in [4.69, 9.17) is 4.74 Å². The van der Waals surface area contributed by atoms with E-state index < -0.39 is 80.8 Å². The van der Waals surface area contributed by atoms with Crippen LogP contribution in [0.4, 0.5) is 0 Å². The van der Waals surface area contributed by atoms with Gasteiger partial charge in [0.2, 0.25) is 0 Å². The van der Waals surface area contributed by atoms with Gasteiger partial charge in [0.1, 0.15) is 18.0 Å². The zero-order valence-corrected chi connectivity index (χ0v) is 34.8. The standard InChI is InChI=1S/C50H61NO9/c1-27-7-5-10-29-15-38-41(55)18-32-13-12-30-21-45-14-4-3-8-28-9-6-11-31(24-52)36(28)19-40(51-2)37-16-33(46(45,25-53)39-20-42(56)60-43(37)39)23-49(45,58)48(57)22-34(17-35(27)29)50(38,59)47(32,26-54)44(30)48/h5-6,9-13,20,26-27,29-30,32-35,37-38,40-41,43-44,51-53,55,57-59H,4,7,14-19,21-25H2,1-2H3. The van der Waals surface area contributed by atoms with Gasteiger partial charge >= 0.3 is 5.97 Å². The average molecular weight is 820 g/mol. The number of aliphatic hydroxyl groups is 6. The van der Waals surface area contributed by atoms with Crippen LogP contribution in [0.15, 0.2) is 54.2 Å². The number of hydrogen-bond donors (Lipinski definition) is 7. The molecular formula is C50H61NO9. The Hall–Kier alpha value is -3.14. The van der Waals surface area contributed by atoms with Gasteiger partial charge in [0.25, 0.3) is 0 Å². The molecule has 6 saturated carbocycles. The monoisotopic (exact) mass is 819 g/mol. The number of nitrogens with one attached hydrogen (secondary N) is 1. The zero-order chi connectivity index (χ0) is 41.8. The fourth-order valence-corrected chi connectivity index (χ4v) is 17.8. The molecule has 19 unspecified atom stereocenters. The summed E-state index contributed by atoms with van der Waals surface area (Å²) in [5.41, 5.74) is -6.02. The third-order valence-electron chi connectivity index (χ3n) is 19.9. The van der Waals surface area contributed by atoms with Gasteiger partial charge < -0.3 is 45.5 Å². The minimum Gasteiger partial charge on any atom is -0.454 e. The third-order valence-corrected chi connectivity index (χ3v) is 19.9. The molecule has 12 rings (SSSR count). The van der Waals surface area contributed by atoms with Crippen LogP contribution in [0, 0.1) is 87.3 Å². The number of benzene rings is 1. The lowest BCUT2D eigenvalue weighted by atomic mass is 9.30. The van der Waals surface area contributed by atoms with E-state index in [-0.39, 0.29) is 62.2 Å². The molecule has 320 valence electrons. The summed E-state index contributed by atoms with van der Waals surface area (Å²) >= 11 is 0. The highest BCUT2D eigenvalue weighted by Crippen LogP contribution is 2.83. The Labute approximate surface area is 352 Å². The Morgan fingerprint density at radius 1 is 0.983 bits per heavy atom. The molecule has 10 nitrogen and oxygen atoms in total. The number of fused-ring (bicyclic) bond motifs is 5.